The maximum atomic E-state index is 10.9. The number of nitrogens with zero attached hydrogens (tertiary/aromatic N) is 1. The molecule has 1 saturated heterocycles. The number of carbonyl (C=O) groups is 1. The van der Waals surface area contributed by atoms with Crippen LogP contribution in [-0.2, 0) is 4.79 Å². The van der Waals surface area contributed by atoms with E-state index in [1.54, 1.807) is 0 Å². The van der Waals surface area contributed by atoms with E-state index in [0.717, 1.165) is 24.9 Å². The van der Waals surface area contributed by atoms with Crippen LogP contribution in [0.15, 0.2) is 0 Å². The molecule has 1 N–H and O–H groups in total. The molecule has 1 heterocycles. The minimum atomic E-state index is -0.639. The molecule has 0 aromatic rings. The molecule has 0 amide bonds. The Morgan fingerprint density at radius 1 is 1.20 bits per heavy atom. The van der Waals surface area contributed by atoms with Crippen molar-refractivity contribution in [3.05, 3.63) is 0 Å². The molecule has 3 nitrogen and oxygen atoms in total. The normalized spacial score (nSPS) is 30.8. The van der Waals surface area contributed by atoms with Crippen LogP contribution < -0.4 is 0 Å². The molecule has 2 rings (SSSR count). The number of carboxylic acid groups (broad SMARTS) is 1. The summed E-state index contributed by atoms with van der Waals surface area (Å²) in [6, 6.07) is 0. The summed E-state index contributed by atoms with van der Waals surface area (Å²) in [6.07, 6.45) is 5.46. The first-order chi connectivity index (χ1) is 9.27. The number of aliphatic carboxylic acids is 1. The average molecular weight is 281 g/mol. The van der Waals surface area contributed by atoms with E-state index >= 15 is 0 Å². The highest BCUT2D eigenvalue weighted by Gasteiger charge is 2.36. The van der Waals surface area contributed by atoms with Crippen LogP contribution in [0.3, 0.4) is 0 Å². The van der Waals surface area contributed by atoms with E-state index in [4.69, 9.17) is 5.11 Å². The van der Waals surface area contributed by atoms with Crippen molar-refractivity contribution in [3.63, 3.8) is 0 Å². The van der Waals surface area contributed by atoms with Gasteiger partial charge in [-0.25, -0.2) is 0 Å². The topological polar surface area (TPSA) is 40.5 Å². The van der Waals surface area contributed by atoms with Crippen molar-refractivity contribution in [3.8, 4) is 0 Å². The monoisotopic (exact) mass is 281 g/mol. The highest BCUT2D eigenvalue weighted by atomic mass is 16.4. The zero-order chi connectivity index (χ0) is 14.9. The van der Waals surface area contributed by atoms with Crippen molar-refractivity contribution in [2.75, 3.05) is 19.6 Å². The fourth-order valence-corrected chi connectivity index (χ4v) is 3.85. The van der Waals surface area contributed by atoms with E-state index in [9.17, 15) is 4.79 Å². The Kier molecular flexibility index (Phi) is 4.78. The Hall–Kier alpha value is -0.570. The molecule has 1 aliphatic carbocycles. The van der Waals surface area contributed by atoms with Crippen LogP contribution in [0.1, 0.15) is 53.4 Å². The van der Waals surface area contributed by atoms with Crippen LogP contribution >= 0.6 is 0 Å². The lowest BCUT2D eigenvalue weighted by Crippen LogP contribution is -2.52. The van der Waals surface area contributed by atoms with Crippen LogP contribution in [0, 0.1) is 29.1 Å². The van der Waals surface area contributed by atoms with E-state index in [0.29, 0.717) is 11.3 Å². The number of hydrogen-bond donors (Lipinski definition) is 1. The molecule has 1 saturated carbocycles. The van der Waals surface area contributed by atoms with Crippen LogP contribution in [0.2, 0.25) is 0 Å². The smallest absolute Gasteiger partial charge is 0.306 e. The fraction of sp³-hybridized carbons (Fsp3) is 0.941. The third-order valence-electron chi connectivity index (χ3n) is 5.67. The number of likely N-dealkylation sites (tertiary alicyclic amines) is 1. The number of hydrogen-bond acceptors (Lipinski definition) is 2. The first-order valence-electron chi connectivity index (χ1n) is 8.22. The maximum Gasteiger partial charge on any atom is 0.306 e. The maximum absolute atomic E-state index is 10.9. The molecule has 0 aromatic carbocycles. The lowest BCUT2D eigenvalue weighted by Gasteiger charge is -2.44. The molecule has 0 aromatic heterocycles. The molecule has 1 aliphatic heterocycles. The van der Waals surface area contributed by atoms with Gasteiger partial charge in [-0.15, -0.1) is 0 Å². The van der Waals surface area contributed by atoms with Gasteiger partial charge in [0.05, 0.1) is 5.92 Å². The second kappa shape index (κ2) is 6.05. The SMILES string of the molecule is CC(C(=O)O)C1CN(CC2CCC(C(C)(C)C)CC2)C1. The van der Waals surface area contributed by atoms with Gasteiger partial charge in [0.15, 0.2) is 0 Å². The summed E-state index contributed by atoms with van der Waals surface area (Å²) < 4.78 is 0. The summed E-state index contributed by atoms with van der Waals surface area (Å²) in [7, 11) is 0. The van der Waals surface area contributed by atoms with Crippen LogP contribution in [-0.4, -0.2) is 35.6 Å². The molecule has 116 valence electrons. The standard InChI is InChI=1S/C17H31NO2/c1-12(16(19)20)14-10-18(11-14)9-13-5-7-15(8-6-13)17(2,3)4/h12-15H,5-11H2,1-4H3,(H,19,20). The zero-order valence-electron chi connectivity index (χ0n) is 13.6. The van der Waals surface area contributed by atoms with Crippen molar-refractivity contribution < 1.29 is 9.90 Å². The molecule has 1 unspecified atom stereocenters. The second-order valence-electron chi connectivity index (χ2n) is 8.19. The van der Waals surface area contributed by atoms with Crippen LogP contribution in [0.4, 0.5) is 0 Å². The number of carboxylic acids is 1. The van der Waals surface area contributed by atoms with E-state index < -0.39 is 5.97 Å². The van der Waals surface area contributed by atoms with Gasteiger partial charge in [0.2, 0.25) is 0 Å². The largest absolute Gasteiger partial charge is 0.481 e. The zero-order valence-corrected chi connectivity index (χ0v) is 13.6. The first kappa shape index (κ1) is 15.8. The summed E-state index contributed by atoms with van der Waals surface area (Å²) in [6.45, 7) is 12.1. The summed E-state index contributed by atoms with van der Waals surface area (Å²) >= 11 is 0. The van der Waals surface area contributed by atoms with Crippen molar-refractivity contribution in [2.45, 2.75) is 53.4 Å². The summed E-state index contributed by atoms with van der Waals surface area (Å²) in [4.78, 5) is 13.4. The van der Waals surface area contributed by atoms with Crippen molar-refractivity contribution >= 4 is 5.97 Å². The lowest BCUT2D eigenvalue weighted by molar-refractivity contribution is -0.145. The van der Waals surface area contributed by atoms with Crippen LogP contribution in [0.5, 0.6) is 0 Å². The van der Waals surface area contributed by atoms with Crippen molar-refractivity contribution in [2.24, 2.45) is 29.1 Å². The summed E-state index contributed by atoms with van der Waals surface area (Å²) in [5.74, 6) is 1.28. The predicted molar refractivity (Wildman–Crippen MR) is 81.6 cm³/mol. The molecule has 2 fully saturated rings. The molecule has 0 bridgehead atoms. The van der Waals surface area contributed by atoms with Crippen molar-refractivity contribution in [1.29, 1.82) is 0 Å². The quantitative estimate of drug-likeness (QED) is 0.857. The van der Waals surface area contributed by atoms with Gasteiger partial charge in [0.25, 0.3) is 0 Å². The van der Waals surface area contributed by atoms with E-state index in [-0.39, 0.29) is 5.92 Å². The molecule has 0 spiro atoms. The third kappa shape index (κ3) is 3.75. The average Bonchev–Trinajstić information content (AvgIpc) is 2.31. The Balaban J connectivity index is 1.67. The van der Waals surface area contributed by atoms with Gasteiger partial charge in [-0.1, -0.05) is 27.7 Å². The van der Waals surface area contributed by atoms with Gasteiger partial charge >= 0.3 is 5.97 Å². The van der Waals surface area contributed by atoms with Gasteiger partial charge in [-0.05, 0) is 48.9 Å². The Bertz CT molecular complexity index is 333. The summed E-state index contributed by atoms with van der Waals surface area (Å²) in [5.41, 5.74) is 0.462. The van der Waals surface area contributed by atoms with Gasteiger partial charge in [0, 0.05) is 19.6 Å². The molecule has 0 radical (unpaired) electrons. The Morgan fingerprint density at radius 2 is 1.75 bits per heavy atom. The highest BCUT2D eigenvalue weighted by Crippen LogP contribution is 2.40. The molecule has 3 heteroatoms. The van der Waals surface area contributed by atoms with E-state index in [2.05, 4.69) is 25.7 Å². The Labute approximate surface area is 123 Å². The lowest BCUT2D eigenvalue weighted by atomic mass is 9.69. The van der Waals surface area contributed by atoms with Gasteiger partial charge in [0.1, 0.15) is 0 Å². The minimum absolute atomic E-state index is 0.178. The van der Waals surface area contributed by atoms with Crippen LogP contribution in [0.25, 0.3) is 0 Å². The predicted octanol–water partition coefficient (Wildman–Crippen LogP) is 3.49. The fourth-order valence-electron chi connectivity index (χ4n) is 3.85. The Morgan fingerprint density at radius 3 is 2.20 bits per heavy atom. The van der Waals surface area contributed by atoms with Gasteiger partial charge in [-0.3, -0.25) is 4.79 Å². The molecule has 20 heavy (non-hydrogen) atoms. The molecular weight excluding hydrogens is 250 g/mol. The molecule has 2 aliphatic rings. The first-order valence-corrected chi connectivity index (χ1v) is 8.22. The van der Waals surface area contributed by atoms with Gasteiger partial charge in [-0.2, -0.15) is 0 Å². The van der Waals surface area contributed by atoms with Crippen molar-refractivity contribution in [1.82, 2.24) is 4.90 Å². The van der Waals surface area contributed by atoms with E-state index in [1.165, 1.54) is 32.2 Å². The van der Waals surface area contributed by atoms with E-state index in [1.807, 2.05) is 6.92 Å². The highest BCUT2D eigenvalue weighted by molar-refractivity contribution is 5.70. The minimum Gasteiger partial charge on any atom is -0.481 e. The third-order valence-corrected chi connectivity index (χ3v) is 5.67. The summed E-state index contributed by atoms with van der Waals surface area (Å²) in [5, 5.41) is 9.01. The van der Waals surface area contributed by atoms with Gasteiger partial charge < -0.3 is 10.0 Å². The number of rotatable bonds is 4. The second-order valence-corrected chi connectivity index (χ2v) is 8.19. The molecule has 1 atom stereocenters. The molecular formula is C17H31NO2.